The lowest BCUT2D eigenvalue weighted by Crippen LogP contribution is -2.48. The van der Waals surface area contributed by atoms with Crippen molar-refractivity contribution in [2.75, 3.05) is 0 Å². The zero-order valence-electron chi connectivity index (χ0n) is 13.0. The van der Waals surface area contributed by atoms with Gasteiger partial charge in [0.2, 0.25) is 0 Å². The topological polar surface area (TPSA) is 81.4 Å². The van der Waals surface area contributed by atoms with Gasteiger partial charge in [-0.15, -0.1) is 0 Å². The molecule has 2 aromatic carbocycles. The predicted molar refractivity (Wildman–Crippen MR) is 87.2 cm³/mol. The number of nitrogens with zero attached hydrogens (tertiary/aromatic N) is 2. The first kappa shape index (κ1) is 15.8. The molecule has 0 unspecified atom stereocenters. The van der Waals surface area contributed by atoms with E-state index in [1.54, 1.807) is 24.3 Å². The molecule has 0 bridgehead atoms. The van der Waals surface area contributed by atoms with Crippen LogP contribution in [0.3, 0.4) is 0 Å². The average Bonchev–Trinajstić information content (AvgIpc) is 2.60. The molecule has 0 fully saturated rings. The predicted octanol–water partition coefficient (Wildman–Crippen LogP) is 2.40. The van der Waals surface area contributed by atoms with Gasteiger partial charge in [0.1, 0.15) is 6.04 Å². The van der Waals surface area contributed by atoms with E-state index in [1.807, 2.05) is 24.3 Å². The highest BCUT2D eigenvalue weighted by molar-refractivity contribution is 5.97. The van der Waals surface area contributed by atoms with Crippen molar-refractivity contribution < 1.29 is 14.7 Å². The third-order valence-electron chi connectivity index (χ3n) is 4.25. The van der Waals surface area contributed by atoms with Gasteiger partial charge in [0.05, 0.1) is 12.5 Å². The van der Waals surface area contributed by atoms with Crippen LogP contribution in [-0.4, -0.2) is 27.9 Å². The lowest BCUT2D eigenvalue weighted by atomic mass is 9.93. The molecule has 24 heavy (non-hydrogen) atoms. The highest BCUT2D eigenvalue weighted by Crippen LogP contribution is 2.25. The van der Waals surface area contributed by atoms with Crippen LogP contribution in [0.4, 0.5) is 0 Å². The fraction of sp³-hybridized carbons (Fsp3) is 0.211. The first-order valence-corrected chi connectivity index (χ1v) is 7.66. The summed E-state index contributed by atoms with van der Waals surface area (Å²) in [5, 5.41) is 18.3. The number of carbonyl (C=O) groups excluding carboxylic acids is 1. The van der Waals surface area contributed by atoms with Crippen LogP contribution >= 0.6 is 0 Å². The Kier molecular flexibility index (Phi) is 4.30. The molecule has 0 aliphatic carbocycles. The zero-order chi connectivity index (χ0) is 17.1. The first-order valence-electron chi connectivity index (χ1n) is 7.66. The van der Waals surface area contributed by atoms with Gasteiger partial charge in [-0.3, -0.25) is 4.79 Å². The van der Waals surface area contributed by atoms with E-state index in [1.165, 1.54) is 4.90 Å². The van der Waals surface area contributed by atoms with Gasteiger partial charge in [0.15, 0.2) is 0 Å². The molecule has 0 spiro atoms. The molecule has 1 heterocycles. The van der Waals surface area contributed by atoms with Crippen molar-refractivity contribution in [3.8, 4) is 6.07 Å². The summed E-state index contributed by atoms with van der Waals surface area (Å²) < 4.78 is 0. The number of amides is 1. The van der Waals surface area contributed by atoms with Gasteiger partial charge >= 0.3 is 5.97 Å². The molecule has 1 atom stereocenters. The number of carboxylic acid groups (broad SMARTS) is 1. The van der Waals surface area contributed by atoms with E-state index in [-0.39, 0.29) is 18.9 Å². The van der Waals surface area contributed by atoms with E-state index in [2.05, 4.69) is 6.07 Å². The lowest BCUT2D eigenvalue weighted by molar-refractivity contribution is -0.142. The molecule has 0 aromatic heterocycles. The number of benzene rings is 2. The molecular formula is C19H16N2O3. The number of aliphatic carboxylic acids is 1. The van der Waals surface area contributed by atoms with Crippen LogP contribution in [0.5, 0.6) is 0 Å². The fourth-order valence-corrected chi connectivity index (χ4v) is 3.03. The fourth-order valence-electron chi connectivity index (χ4n) is 3.03. The van der Waals surface area contributed by atoms with Gasteiger partial charge < -0.3 is 10.0 Å². The summed E-state index contributed by atoms with van der Waals surface area (Å²) >= 11 is 0. The molecule has 0 radical (unpaired) electrons. The highest BCUT2D eigenvalue weighted by atomic mass is 16.4. The van der Waals surface area contributed by atoms with Crippen molar-refractivity contribution in [2.45, 2.75) is 25.4 Å². The van der Waals surface area contributed by atoms with E-state index in [4.69, 9.17) is 5.26 Å². The minimum absolute atomic E-state index is 0.215. The van der Waals surface area contributed by atoms with E-state index < -0.39 is 12.0 Å². The van der Waals surface area contributed by atoms with Crippen LogP contribution in [-0.2, 0) is 24.2 Å². The summed E-state index contributed by atoms with van der Waals surface area (Å²) in [5.74, 6) is -1.33. The van der Waals surface area contributed by atoms with Crippen molar-refractivity contribution in [1.82, 2.24) is 4.90 Å². The summed E-state index contributed by atoms with van der Waals surface area (Å²) in [6.45, 7) is 0.272. The number of hydrogen-bond acceptors (Lipinski definition) is 3. The number of fused-ring (bicyclic) bond motifs is 1. The summed E-state index contributed by atoms with van der Waals surface area (Å²) in [5.41, 5.74) is 3.09. The van der Waals surface area contributed by atoms with Gasteiger partial charge in [-0.2, -0.15) is 5.26 Å². The molecule has 0 saturated heterocycles. The Bertz CT molecular complexity index is 839. The largest absolute Gasteiger partial charge is 0.480 e. The standard InChI is InChI=1S/C19H16N2O3/c20-9-8-13-4-3-7-15(10-13)18(22)21-12-16-6-2-1-5-14(16)11-17(21)19(23)24/h1-7,10,17H,8,11-12H2,(H,23,24)/t17-/m0/s1. The van der Waals surface area contributed by atoms with Gasteiger partial charge in [-0.05, 0) is 28.8 Å². The Hall–Kier alpha value is -3.13. The van der Waals surface area contributed by atoms with Crippen molar-refractivity contribution in [2.24, 2.45) is 0 Å². The van der Waals surface area contributed by atoms with E-state index in [0.29, 0.717) is 12.0 Å². The molecule has 2 aromatic rings. The van der Waals surface area contributed by atoms with Crippen molar-refractivity contribution in [3.05, 3.63) is 70.8 Å². The van der Waals surface area contributed by atoms with Gasteiger partial charge in [-0.1, -0.05) is 36.4 Å². The normalized spacial score (nSPS) is 16.1. The molecule has 120 valence electrons. The maximum Gasteiger partial charge on any atom is 0.326 e. The van der Waals surface area contributed by atoms with Crippen LogP contribution in [0.15, 0.2) is 48.5 Å². The van der Waals surface area contributed by atoms with E-state index >= 15 is 0 Å². The van der Waals surface area contributed by atoms with Crippen LogP contribution in [0, 0.1) is 11.3 Å². The Morgan fingerprint density at radius 2 is 1.92 bits per heavy atom. The number of carbonyl (C=O) groups is 2. The zero-order valence-corrected chi connectivity index (χ0v) is 13.0. The van der Waals surface area contributed by atoms with Gasteiger partial charge in [-0.25, -0.2) is 4.79 Å². The first-order chi connectivity index (χ1) is 11.6. The van der Waals surface area contributed by atoms with E-state index in [9.17, 15) is 14.7 Å². The SMILES string of the molecule is N#CCc1cccc(C(=O)N2Cc3ccccc3C[C@H]2C(=O)O)c1. The van der Waals surface area contributed by atoms with Crippen molar-refractivity contribution in [1.29, 1.82) is 5.26 Å². The van der Waals surface area contributed by atoms with Gasteiger partial charge in [0, 0.05) is 18.5 Å². The molecule has 0 saturated carbocycles. The Labute approximate surface area is 139 Å². The van der Waals surface area contributed by atoms with Crippen LogP contribution in [0.25, 0.3) is 0 Å². The average molecular weight is 320 g/mol. The summed E-state index contributed by atoms with van der Waals surface area (Å²) in [4.78, 5) is 25.9. The molecule has 1 amide bonds. The van der Waals surface area contributed by atoms with Crippen LogP contribution in [0.2, 0.25) is 0 Å². The maximum absolute atomic E-state index is 12.9. The molecule has 1 aliphatic heterocycles. The monoisotopic (exact) mass is 320 g/mol. The molecule has 5 nitrogen and oxygen atoms in total. The van der Waals surface area contributed by atoms with Crippen molar-refractivity contribution >= 4 is 11.9 Å². The van der Waals surface area contributed by atoms with Crippen LogP contribution in [0.1, 0.15) is 27.0 Å². The van der Waals surface area contributed by atoms with Crippen LogP contribution < -0.4 is 0 Å². The third-order valence-corrected chi connectivity index (χ3v) is 4.25. The Balaban J connectivity index is 1.94. The lowest BCUT2D eigenvalue weighted by Gasteiger charge is -2.34. The van der Waals surface area contributed by atoms with Gasteiger partial charge in [0.25, 0.3) is 5.91 Å². The second-order valence-corrected chi connectivity index (χ2v) is 5.80. The number of carboxylic acids is 1. The smallest absolute Gasteiger partial charge is 0.326 e. The minimum atomic E-state index is -1.01. The minimum Gasteiger partial charge on any atom is -0.480 e. The maximum atomic E-state index is 12.9. The second-order valence-electron chi connectivity index (χ2n) is 5.80. The van der Waals surface area contributed by atoms with E-state index in [0.717, 1.165) is 16.7 Å². The molecule has 1 N–H and O–H groups in total. The third kappa shape index (κ3) is 2.99. The summed E-state index contributed by atoms with van der Waals surface area (Å²) in [7, 11) is 0. The number of rotatable bonds is 3. The number of hydrogen-bond donors (Lipinski definition) is 1. The Morgan fingerprint density at radius 1 is 1.17 bits per heavy atom. The highest BCUT2D eigenvalue weighted by Gasteiger charge is 2.34. The molecule has 1 aliphatic rings. The number of nitriles is 1. The molecule has 3 rings (SSSR count). The summed E-state index contributed by atoms with van der Waals surface area (Å²) in [6, 6.07) is 15.6. The quantitative estimate of drug-likeness (QED) is 0.941. The Morgan fingerprint density at radius 3 is 2.62 bits per heavy atom. The molecular weight excluding hydrogens is 304 g/mol. The summed E-state index contributed by atoms with van der Waals surface area (Å²) in [6.07, 6.45) is 0.515. The molecule has 5 heteroatoms. The van der Waals surface area contributed by atoms with Crippen molar-refractivity contribution in [3.63, 3.8) is 0 Å². The second kappa shape index (κ2) is 6.55.